The highest BCUT2D eigenvalue weighted by atomic mass is 16.2. The van der Waals surface area contributed by atoms with Crippen molar-refractivity contribution in [2.24, 2.45) is 0 Å². The topological polar surface area (TPSA) is 73.2 Å². The SMILES string of the molecule is N#Cc1cccc(NC(=O)CN2C(=O)Cc3ccccc32)c1. The fourth-order valence-electron chi connectivity index (χ4n) is 2.50. The number of fused-ring (bicyclic) bond motifs is 1. The standard InChI is InChI=1S/C17H13N3O2/c18-10-12-4-3-6-14(8-12)19-16(21)11-20-15-7-2-1-5-13(15)9-17(20)22/h1-8H,9,11H2,(H,19,21). The molecule has 22 heavy (non-hydrogen) atoms. The van der Waals surface area contributed by atoms with Gasteiger partial charge in [0, 0.05) is 11.4 Å². The van der Waals surface area contributed by atoms with Crippen LogP contribution in [0.2, 0.25) is 0 Å². The molecule has 0 aliphatic carbocycles. The van der Waals surface area contributed by atoms with Gasteiger partial charge in [-0.15, -0.1) is 0 Å². The number of nitrogens with one attached hydrogen (secondary N) is 1. The Morgan fingerprint density at radius 3 is 2.86 bits per heavy atom. The van der Waals surface area contributed by atoms with Crippen LogP contribution in [0, 0.1) is 11.3 Å². The van der Waals surface area contributed by atoms with Gasteiger partial charge in [-0.05, 0) is 29.8 Å². The first-order chi connectivity index (χ1) is 10.7. The average Bonchev–Trinajstić information content (AvgIpc) is 2.83. The minimum atomic E-state index is -0.292. The van der Waals surface area contributed by atoms with Crippen molar-refractivity contribution in [3.8, 4) is 6.07 Å². The van der Waals surface area contributed by atoms with Gasteiger partial charge in [-0.1, -0.05) is 24.3 Å². The van der Waals surface area contributed by atoms with Crippen molar-refractivity contribution in [2.75, 3.05) is 16.8 Å². The van der Waals surface area contributed by atoms with E-state index >= 15 is 0 Å². The van der Waals surface area contributed by atoms with E-state index in [0.717, 1.165) is 11.3 Å². The molecule has 5 heteroatoms. The second kappa shape index (κ2) is 5.70. The summed E-state index contributed by atoms with van der Waals surface area (Å²) in [5, 5.41) is 11.6. The van der Waals surface area contributed by atoms with Crippen molar-refractivity contribution in [2.45, 2.75) is 6.42 Å². The summed E-state index contributed by atoms with van der Waals surface area (Å²) in [6.07, 6.45) is 0.327. The zero-order valence-corrected chi connectivity index (χ0v) is 11.7. The van der Waals surface area contributed by atoms with Crippen molar-refractivity contribution in [3.05, 3.63) is 59.7 Å². The first kappa shape index (κ1) is 13.8. The Kier molecular flexibility index (Phi) is 3.58. The molecule has 3 rings (SSSR count). The number of hydrogen-bond acceptors (Lipinski definition) is 3. The number of para-hydroxylation sites is 1. The highest BCUT2D eigenvalue weighted by Gasteiger charge is 2.28. The van der Waals surface area contributed by atoms with Gasteiger partial charge in [0.2, 0.25) is 11.8 Å². The molecule has 1 N–H and O–H groups in total. The van der Waals surface area contributed by atoms with Crippen LogP contribution >= 0.6 is 0 Å². The molecular weight excluding hydrogens is 278 g/mol. The fraction of sp³-hybridized carbons (Fsp3) is 0.118. The quantitative estimate of drug-likeness (QED) is 0.941. The molecule has 5 nitrogen and oxygen atoms in total. The monoisotopic (exact) mass is 291 g/mol. The summed E-state index contributed by atoms with van der Waals surface area (Å²) < 4.78 is 0. The van der Waals surface area contributed by atoms with Crippen molar-refractivity contribution < 1.29 is 9.59 Å². The van der Waals surface area contributed by atoms with Gasteiger partial charge in [-0.3, -0.25) is 9.59 Å². The minimum absolute atomic E-state index is 0.0351. The van der Waals surface area contributed by atoms with Gasteiger partial charge in [-0.2, -0.15) is 5.26 Å². The van der Waals surface area contributed by atoms with Gasteiger partial charge in [0.25, 0.3) is 0 Å². The molecule has 1 heterocycles. The number of carbonyl (C=O) groups is 2. The Morgan fingerprint density at radius 2 is 2.05 bits per heavy atom. The smallest absolute Gasteiger partial charge is 0.244 e. The van der Waals surface area contributed by atoms with Gasteiger partial charge in [0.05, 0.1) is 18.1 Å². The number of nitriles is 1. The second-order valence-electron chi connectivity index (χ2n) is 5.03. The maximum atomic E-state index is 12.1. The van der Waals surface area contributed by atoms with E-state index in [1.165, 1.54) is 4.90 Å². The van der Waals surface area contributed by atoms with Crippen LogP contribution in [-0.2, 0) is 16.0 Å². The number of anilines is 2. The zero-order valence-electron chi connectivity index (χ0n) is 11.7. The number of amides is 2. The van der Waals surface area contributed by atoms with Crippen LogP contribution in [-0.4, -0.2) is 18.4 Å². The van der Waals surface area contributed by atoms with E-state index in [1.807, 2.05) is 30.3 Å². The summed E-state index contributed by atoms with van der Waals surface area (Å²) in [6.45, 7) is -0.0351. The fourth-order valence-corrected chi connectivity index (χ4v) is 2.50. The van der Waals surface area contributed by atoms with Crippen molar-refractivity contribution in [1.82, 2.24) is 0 Å². The Hall–Kier alpha value is -3.13. The van der Waals surface area contributed by atoms with Crippen LogP contribution in [0.1, 0.15) is 11.1 Å². The minimum Gasteiger partial charge on any atom is -0.324 e. The molecule has 0 saturated heterocycles. The summed E-state index contributed by atoms with van der Waals surface area (Å²) in [7, 11) is 0. The third-order valence-corrected chi connectivity index (χ3v) is 3.50. The molecular formula is C17H13N3O2. The molecule has 0 bridgehead atoms. The Labute approximate surface area is 127 Å². The van der Waals surface area contributed by atoms with Crippen LogP contribution in [0.5, 0.6) is 0 Å². The van der Waals surface area contributed by atoms with Gasteiger partial charge in [0.15, 0.2) is 0 Å². The number of hydrogen-bond donors (Lipinski definition) is 1. The summed E-state index contributed by atoms with van der Waals surface area (Å²) in [5.41, 5.74) is 2.74. The highest BCUT2D eigenvalue weighted by Crippen LogP contribution is 2.28. The third kappa shape index (κ3) is 2.67. The molecule has 1 aliphatic heterocycles. The van der Waals surface area contributed by atoms with Gasteiger partial charge in [-0.25, -0.2) is 0 Å². The van der Waals surface area contributed by atoms with Gasteiger partial charge >= 0.3 is 0 Å². The lowest BCUT2D eigenvalue weighted by Crippen LogP contribution is -2.35. The van der Waals surface area contributed by atoms with Crippen LogP contribution in [0.25, 0.3) is 0 Å². The largest absolute Gasteiger partial charge is 0.324 e. The molecule has 0 radical (unpaired) electrons. The molecule has 2 amide bonds. The second-order valence-corrected chi connectivity index (χ2v) is 5.03. The Balaban J connectivity index is 1.72. The maximum Gasteiger partial charge on any atom is 0.244 e. The predicted octanol–water partition coefficient (Wildman–Crippen LogP) is 2.09. The first-order valence-corrected chi connectivity index (χ1v) is 6.85. The molecule has 0 spiro atoms. The molecule has 0 fully saturated rings. The summed E-state index contributed by atoms with van der Waals surface area (Å²) in [6, 6.07) is 16.1. The molecule has 108 valence electrons. The van der Waals surface area contributed by atoms with Crippen LogP contribution in [0.4, 0.5) is 11.4 Å². The predicted molar refractivity (Wildman–Crippen MR) is 82.3 cm³/mol. The van der Waals surface area contributed by atoms with E-state index in [2.05, 4.69) is 5.32 Å². The number of carbonyl (C=O) groups excluding carboxylic acids is 2. The summed E-state index contributed by atoms with van der Waals surface area (Å²) >= 11 is 0. The molecule has 0 aromatic heterocycles. The molecule has 2 aromatic rings. The average molecular weight is 291 g/mol. The zero-order chi connectivity index (χ0) is 15.5. The first-order valence-electron chi connectivity index (χ1n) is 6.85. The molecule has 0 unspecified atom stereocenters. The maximum absolute atomic E-state index is 12.1. The number of nitrogens with zero attached hydrogens (tertiary/aromatic N) is 2. The van der Waals surface area contributed by atoms with Crippen LogP contribution in [0.15, 0.2) is 48.5 Å². The third-order valence-electron chi connectivity index (χ3n) is 3.50. The van der Waals surface area contributed by atoms with E-state index in [4.69, 9.17) is 5.26 Å². The van der Waals surface area contributed by atoms with E-state index in [9.17, 15) is 9.59 Å². The van der Waals surface area contributed by atoms with Gasteiger partial charge < -0.3 is 10.2 Å². The Bertz CT molecular complexity index is 792. The summed E-state index contributed by atoms with van der Waals surface area (Å²) in [5.74, 6) is -0.373. The lowest BCUT2D eigenvalue weighted by atomic mass is 10.2. The van der Waals surface area contributed by atoms with Crippen LogP contribution < -0.4 is 10.2 Å². The van der Waals surface area contributed by atoms with Crippen LogP contribution in [0.3, 0.4) is 0 Å². The summed E-state index contributed by atoms with van der Waals surface area (Å²) in [4.78, 5) is 25.6. The van der Waals surface area contributed by atoms with Crippen molar-refractivity contribution in [1.29, 1.82) is 5.26 Å². The van der Waals surface area contributed by atoms with E-state index in [1.54, 1.807) is 24.3 Å². The van der Waals surface area contributed by atoms with E-state index in [0.29, 0.717) is 17.7 Å². The lowest BCUT2D eigenvalue weighted by molar-refractivity contribution is -0.120. The van der Waals surface area contributed by atoms with E-state index < -0.39 is 0 Å². The molecule has 0 atom stereocenters. The lowest BCUT2D eigenvalue weighted by Gasteiger charge is -2.17. The highest BCUT2D eigenvalue weighted by molar-refractivity contribution is 6.07. The van der Waals surface area contributed by atoms with Crippen molar-refractivity contribution >= 4 is 23.2 Å². The Morgan fingerprint density at radius 1 is 1.23 bits per heavy atom. The van der Waals surface area contributed by atoms with E-state index in [-0.39, 0.29) is 18.4 Å². The molecule has 1 aliphatic rings. The molecule has 2 aromatic carbocycles. The van der Waals surface area contributed by atoms with Crippen molar-refractivity contribution in [3.63, 3.8) is 0 Å². The number of rotatable bonds is 3. The normalized spacial score (nSPS) is 12.7. The number of benzene rings is 2. The molecule has 0 saturated carbocycles. The van der Waals surface area contributed by atoms with Gasteiger partial charge in [0.1, 0.15) is 6.54 Å².